The van der Waals surface area contributed by atoms with E-state index in [2.05, 4.69) is 6.92 Å². The third-order valence-corrected chi connectivity index (χ3v) is 3.42. The molecule has 0 bridgehead atoms. The summed E-state index contributed by atoms with van der Waals surface area (Å²) >= 11 is 0. The Labute approximate surface area is 73.9 Å². The molecule has 2 heteroatoms. The Morgan fingerprint density at radius 2 is 1.75 bits per heavy atom. The van der Waals surface area contributed by atoms with Crippen LogP contribution < -0.4 is 0 Å². The van der Waals surface area contributed by atoms with Crippen LogP contribution in [0.1, 0.15) is 45.4 Å². The van der Waals surface area contributed by atoms with Gasteiger partial charge in [-0.25, -0.2) is 0 Å². The highest BCUT2D eigenvalue weighted by Gasteiger charge is 2.41. The number of ether oxygens (including phenoxy) is 1. The summed E-state index contributed by atoms with van der Waals surface area (Å²) in [6, 6.07) is 0. The van der Waals surface area contributed by atoms with Gasteiger partial charge < -0.3 is 9.84 Å². The summed E-state index contributed by atoms with van der Waals surface area (Å²) in [6.45, 7) is 2.30. The van der Waals surface area contributed by atoms with Crippen molar-refractivity contribution in [3.63, 3.8) is 0 Å². The van der Waals surface area contributed by atoms with Crippen LogP contribution in [-0.2, 0) is 4.74 Å². The Morgan fingerprint density at radius 1 is 1.17 bits per heavy atom. The van der Waals surface area contributed by atoms with Crippen LogP contribution in [0, 0.1) is 5.92 Å². The normalized spacial score (nSPS) is 48.5. The van der Waals surface area contributed by atoms with E-state index in [-0.39, 0.29) is 5.60 Å². The zero-order valence-corrected chi connectivity index (χ0v) is 7.75. The maximum absolute atomic E-state index is 9.29. The molecule has 2 fully saturated rings. The molecule has 1 unspecified atom stereocenters. The minimum atomic E-state index is -0.474. The number of hydrogen-bond donors (Lipinski definition) is 1. The van der Waals surface area contributed by atoms with Crippen LogP contribution >= 0.6 is 0 Å². The fraction of sp³-hybridized carbons (Fsp3) is 1.00. The van der Waals surface area contributed by atoms with Gasteiger partial charge in [0, 0.05) is 6.42 Å². The van der Waals surface area contributed by atoms with Gasteiger partial charge in [-0.2, -0.15) is 0 Å². The molecule has 2 rings (SSSR count). The molecule has 2 aliphatic rings. The second-order valence-electron chi connectivity index (χ2n) is 4.48. The van der Waals surface area contributed by atoms with E-state index in [4.69, 9.17) is 4.74 Å². The average molecular weight is 170 g/mol. The summed E-state index contributed by atoms with van der Waals surface area (Å²) in [5, 5.41) is 9.29. The first-order valence-corrected chi connectivity index (χ1v) is 5.06. The number of aliphatic hydroxyl groups is 1. The lowest BCUT2D eigenvalue weighted by Crippen LogP contribution is -2.33. The standard InChI is InChI=1S/C10H18O2/c1-8-2-5-10(6-3-8)7-4-9(11)12-10/h8-9,11H,2-7H2,1H3. The molecule has 12 heavy (non-hydrogen) atoms. The van der Waals surface area contributed by atoms with Gasteiger partial charge in [-0.3, -0.25) is 0 Å². The first kappa shape index (κ1) is 8.52. The van der Waals surface area contributed by atoms with E-state index in [1.807, 2.05) is 0 Å². The van der Waals surface area contributed by atoms with Crippen LogP contribution in [0.15, 0.2) is 0 Å². The van der Waals surface area contributed by atoms with Crippen LogP contribution in [0.25, 0.3) is 0 Å². The van der Waals surface area contributed by atoms with Crippen LogP contribution in [0.5, 0.6) is 0 Å². The summed E-state index contributed by atoms with van der Waals surface area (Å²) in [4.78, 5) is 0. The Balaban J connectivity index is 1.95. The second-order valence-corrected chi connectivity index (χ2v) is 4.48. The monoisotopic (exact) mass is 170 g/mol. The zero-order chi connectivity index (χ0) is 8.60. The largest absolute Gasteiger partial charge is 0.368 e. The summed E-state index contributed by atoms with van der Waals surface area (Å²) in [5.74, 6) is 0.858. The fourth-order valence-electron chi connectivity index (χ4n) is 2.45. The first-order valence-electron chi connectivity index (χ1n) is 5.06. The predicted molar refractivity (Wildman–Crippen MR) is 46.7 cm³/mol. The molecule has 70 valence electrons. The third kappa shape index (κ3) is 1.50. The summed E-state index contributed by atoms with van der Waals surface area (Å²) in [6.07, 6.45) is 6.30. The third-order valence-electron chi connectivity index (χ3n) is 3.42. The molecule has 2 nitrogen and oxygen atoms in total. The molecule has 1 heterocycles. The van der Waals surface area contributed by atoms with Crippen LogP contribution in [0.3, 0.4) is 0 Å². The van der Waals surface area contributed by atoms with Gasteiger partial charge in [-0.15, -0.1) is 0 Å². The number of hydrogen-bond acceptors (Lipinski definition) is 2. The molecule has 1 atom stereocenters. The van der Waals surface area contributed by atoms with Crippen LogP contribution in [-0.4, -0.2) is 17.0 Å². The van der Waals surface area contributed by atoms with E-state index in [0.717, 1.165) is 31.6 Å². The van der Waals surface area contributed by atoms with Crippen LogP contribution in [0.2, 0.25) is 0 Å². The highest BCUT2D eigenvalue weighted by atomic mass is 16.6. The molecule has 1 aliphatic carbocycles. The van der Waals surface area contributed by atoms with Crippen molar-refractivity contribution in [2.45, 2.75) is 57.3 Å². The molecule has 0 aromatic carbocycles. The lowest BCUT2D eigenvalue weighted by molar-refractivity contribution is -0.151. The van der Waals surface area contributed by atoms with Crippen molar-refractivity contribution < 1.29 is 9.84 Å². The lowest BCUT2D eigenvalue weighted by atomic mass is 9.78. The SMILES string of the molecule is CC1CCC2(CC1)CCC(O)O2. The Morgan fingerprint density at radius 3 is 2.25 bits per heavy atom. The van der Waals surface area contributed by atoms with Crippen molar-refractivity contribution in [2.24, 2.45) is 5.92 Å². The predicted octanol–water partition coefficient (Wildman–Crippen LogP) is 2.06. The van der Waals surface area contributed by atoms with Gasteiger partial charge in [0.15, 0.2) is 6.29 Å². The molecule has 1 spiro atoms. The van der Waals surface area contributed by atoms with Gasteiger partial charge in [0.25, 0.3) is 0 Å². The molecular weight excluding hydrogens is 152 g/mol. The van der Waals surface area contributed by atoms with Gasteiger partial charge in [-0.05, 0) is 38.0 Å². The maximum Gasteiger partial charge on any atom is 0.155 e. The molecule has 0 radical (unpaired) electrons. The molecule has 0 amide bonds. The van der Waals surface area contributed by atoms with Crippen molar-refractivity contribution in [1.82, 2.24) is 0 Å². The molecule has 1 saturated heterocycles. The van der Waals surface area contributed by atoms with Gasteiger partial charge in [-0.1, -0.05) is 6.92 Å². The van der Waals surface area contributed by atoms with E-state index in [0.29, 0.717) is 0 Å². The quantitative estimate of drug-likeness (QED) is 0.603. The van der Waals surface area contributed by atoms with E-state index in [1.165, 1.54) is 12.8 Å². The van der Waals surface area contributed by atoms with Crippen molar-refractivity contribution in [3.05, 3.63) is 0 Å². The Kier molecular flexibility index (Phi) is 2.13. The van der Waals surface area contributed by atoms with E-state index in [1.54, 1.807) is 0 Å². The Bertz CT molecular complexity index is 159. The highest BCUT2D eigenvalue weighted by Crippen LogP contribution is 2.42. The minimum Gasteiger partial charge on any atom is -0.368 e. The van der Waals surface area contributed by atoms with Crippen molar-refractivity contribution >= 4 is 0 Å². The topological polar surface area (TPSA) is 29.5 Å². The van der Waals surface area contributed by atoms with Gasteiger partial charge >= 0.3 is 0 Å². The molecule has 0 aromatic rings. The summed E-state index contributed by atoms with van der Waals surface area (Å²) in [5.41, 5.74) is 0.0753. The molecule has 1 N–H and O–H groups in total. The smallest absolute Gasteiger partial charge is 0.155 e. The lowest BCUT2D eigenvalue weighted by Gasteiger charge is -2.35. The molecular formula is C10H18O2. The van der Waals surface area contributed by atoms with Crippen molar-refractivity contribution in [2.75, 3.05) is 0 Å². The Hall–Kier alpha value is -0.0800. The second kappa shape index (κ2) is 3.00. The summed E-state index contributed by atoms with van der Waals surface area (Å²) < 4.78 is 5.59. The van der Waals surface area contributed by atoms with Crippen LogP contribution in [0.4, 0.5) is 0 Å². The number of rotatable bonds is 0. The van der Waals surface area contributed by atoms with Crippen molar-refractivity contribution in [3.8, 4) is 0 Å². The van der Waals surface area contributed by atoms with E-state index in [9.17, 15) is 5.11 Å². The minimum absolute atomic E-state index is 0.0753. The van der Waals surface area contributed by atoms with Gasteiger partial charge in [0.2, 0.25) is 0 Å². The molecule has 0 aromatic heterocycles. The highest BCUT2D eigenvalue weighted by molar-refractivity contribution is 4.90. The average Bonchev–Trinajstić information content (AvgIpc) is 2.40. The molecule has 1 saturated carbocycles. The maximum atomic E-state index is 9.29. The van der Waals surface area contributed by atoms with Crippen molar-refractivity contribution in [1.29, 1.82) is 0 Å². The molecule has 1 aliphatic heterocycles. The number of aliphatic hydroxyl groups excluding tert-OH is 1. The van der Waals surface area contributed by atoms with E-state index >= 15 is 0 Å². The van der Waals surface area contributed by atoms with E-state index < -0.39 is 6.29 Å². The fourth-order valence-corrected chi connectivity index (χ4v) is 2.45. The zero-order valence-electron chi connectivity index (χ0n) is 7.75. The van der Waals surface area contributed by atoms with Gasteiger partial charge in [0.1, 0.15) is 0 Å². The van der Waals surface area contributed by atoms with Gasteiger partial charge in [0.05, 0.1) is 5.60 Å². The summed E-state index contributed by atoms with van der Waals surface area (Å²) in [7, 11) is 0. The first-order chi connectivity index (χ1) is 5.70.